The molecule has 3 aromatic rings. The Balaban J connectivity index is 1.87. The molecule has 0 saturated carbocycles. The molecule has 3 amide bonds. The smallest absolute Gasteiger partial charge is 0.224 e. The Morgan fingerprint density at radius 2 is 1.61 bits per heavy atom. The number of aliphatic imine (C=N–C) groups is 1. The maximum atomic E-state index is 13.8. The van der Waals surface area contributed by atoms with Crippen LogP contribution < -0.4 is 27.8 Å². The molecule has 1 heterocycles. The molecule has 0 bridgehead atoms. The van der Waals surface area contributed by atoms with Gasteiger partial charge in [-0.25, -0.2) is 4.98 Å². The number of guanidine groups is 1. The fourth-order valence-corrected chi connectivity index (χ4v) is 5.59. The Labute approximate surface area is 259 Å². The molecule has 2 aromatic carbocycles. The van der Waals surface area contributed by atoms with Crippen LogP contribution in [0.4, 0.5) is 0 Å². The molecule has 0 aliphatic rings. The molecular weight excluding hydrogens is 582 g/mol. The number of nitrogens with zero attached hydrogens (tertiary/aromatic N) is 2. The molecule has 0 unspecified atom stereocenters. The van der Waals surface area contributed by atoms with Crippen molar-refractivity contribution in [2.24, 2.45) is 28.1 Å². The first-order valence-electron chi connectivity index (χ1n) is 14.5. The number of hydrogen-bond acceptors (Lipinski definition) is 8. The number of thiazole rings is 1. The summed E-state index contributed by atoms with van der Waals surface area (Å²) in [6.07, 6.45) is 0.664. The highest BCUT2D eigenvalue weighted by Crippen LogP contribution is 2.24. The number of carbonyl (C=O) groups excluding carboxylic acids is 5. The normalized spacial score (nSPS) is 12.9. The number of carbonyl (C=O) groups is 5. The van der Waals surface area contributed by atoms with Crippen LogP contribution in [0, 0.1) is 5.92 Å². The van der Waals surface area contributed by atoms with E-state index in [0.717, 1.165) is 10.3 Å². The van der Waals surface area contributed by atoms with Gasteiger partial charge in [-0.05, 0) is 43.4 Å². The molecule has 3 atom stereocenters. The molecule has 44 heavy (non-hydrogen) atoms. The van der Waals surface area contributed by atoms with E-state index in [-0.39, 0.29) is 67.7 Å². The van der Waals surface area contributed by atoms with Gasteiger partial charge < -0.3 is 27.8 Å². The summed E-state index contributed by atoms with van der Waals surface area (Å²) in [4.78, 5) is 73.0. The van der Waals surface area contributed by atoms with Crippen molar-refractivity contribution in [2.45, 2.75) is 64.0 Å². The highest BCUT2D eigenvalue weighted by Gasteiger charge is 2.31. The number of primary amides is 1. The standard InChI is InChI=1S/C31H39N7O5S/c1-2-27(41)36-21(14-15-26(32)40)24(39)18-20(17-19-9-4-3-5-10-19)29(43)37-23(12-8-16-35-31(33)34)28(42)30-38-22-11-6-7-13-25(22)44-30/h3-7,9-11,13,20-21,23H,2,8,12,14-18H2,1H3,(H2,32,40)(H,36,41)(H,37,43)(H4,33,34,35)/t20-,21+,23+/m1/s1. The monoisotopic (exact) mass is 621 g/mol. The summed E-state index contributed by atoms with van der Waals surface area (Å²) >= 11 is 1.23. The Hall–Kier alpha value is -4.65. The number of para-hydroxylation sites is 1. The molecule has 0 fully saturated rings. The number of Topliss-reactive ketones (excluding diaryl/α,β-unsaturated/α-hetero) is 2. The first-order valence-corrected chi connectivity index (χ1v) is 15.3. The van der Waals surface area contributed by atoms with Crippen LogP contribution in [0.2, 0.25) is 0 Å². The number of hydrogen-bond donors (Lipinski definition) is 5. The Morgan fingerprint density at radius 3 is 2.27 bits per heavy atom. The lowest BCUT2D eigenvalue weighted by molar-refractivity contribution is -0.132. The molecule has 13 heteroatoms. The summed E-state index contributed by atoms with van der Waals surface area (Å²) in [5.74, 6) is -3.19. The van der Waals surface area contributed by atoms with Gasteiger partial charge in [-0.3, -0.25) is 29.0 Å². The number of fused-ring (bicyclic) bond motifs is 1. The van der Waals surface area contributed by atoms with Gasteiger partial charge in [-0.15, -0.1) is 11.3 Å². The number of amides is 3. The zero-order valence-corrected chi connectivity index (χ0v) is 25.5. The van der Waals surface area contributed by atoms with Gasteiger partial charge in [0.2, 0.25) is 23.5 Å². The Morgan fingerprint density at radius 1 is 0.909 bits per heavy atom. The van der Waals surface area contributed by atoms with Crippen LogP contribution in [0.3, 0.4) is 0 Å². The minimum atomic E-state index is -0.985. The molecule has 0 aliphatic carbocycles. The number of nitrogens with two attached hydrogens (primary N) is 3. The summed E-state index contributed by atoms with van der Waals surface area (Å²) in [6, 6.07) is 14.6. The maximum absolute atomic E-state index is 13.8. The van der Waals surface area contributed by atoms with Crippen LogP contribution >= 0.6 is 11.3 Å². The van der Waals surface area contributed by atoms with E-state index in [1.807, 2.05) is 54.6 Å². The average molecular weight is 622 g/mol. The topological polar surface area (TPSA) is 213 Å². The third kappa shape index (κ3) is 10.6. The summed E-state index contributed by atoms with van der Waals surface area (Å²) < 4.78 is 0.838. The third-order valence-corrected chi connectivity index (χ3v) is 8.00. The van der Waals surface area contributed by atoms with E-state index < -0.39 is 35.6 Å². The van der Waals surface area contributed by atoms with Crippen molar-refractivity contribution < 1.29 is 24.0 Å². The molecule has 0 aliphatic heterocycles. The minimum absolute atomic E-state index is 0.0170. The second kappa shape index (κ2) is 16.8. The second-order valence-electron chi connectivity index (χ2n) is 10.4. The molecule has 0 spiro atoms. The maximum Gasteiger partial charge on any atom is 0.224 e. The minimum Gasteiger partial charge on any atom is -0.370 e. The number of benzene rings is 2. The van der Waals surface area contributed by atoms with Crippen molar-refractivity contribution in [1.82, 2.24) is 15.6 Å². The van der Waals surface area contributed by atoms with Gasteiger partial charge in [0.25, 0.3) is 0 Å². The fraction of sp³-hybridized carbons (Fsp3) is 0.387. The SMILES string of the molecule is CCC(=O)N[C@@H](CCC(N)=O)C(=O)C[C@@H](Cc1ccccc1)C(=O)N[C@@H](CCCN=C(N)N)C(=O)c1nc2ccccc2s1. The zero-order chi connectivity index (χ0) is 32.1. The van der Waals surface area contributed by atoms with Gasteiger partial charge >= 0.3 is 0 Å². The molecule has 1 aromatic heterocycles. The van der Waals surface area contributed by atoms with Crippen LogP contribution in [0.15, 0.2) is 59.6 Å². The van der Waals surface area contributed by atoms with E-state index in [4.69, 9.17) is 17.2 Å². The van der Waals surface area contributed by atoms with E-state index >= 15 is 0 Å². The van der Waals surface area contributed by atoms with E-state index in [1.165, 1.54) is 11.3 Å². The van der Waals surface area contributed by atoms with E-state index in [9.17, 15) is 24.0 Å². The van der Waals surface area contributed by atoms with Gasteiger partial charge in [0.15, 0.2) is 16.8 Å². The molecule has 12 nitrogen and oxygen atoms in total. The summed E-state index contributed by atoms with van der Waals surface area (Å²) in [5.41, 5.74) is 17.7. The van der Waals surface area contributed by atoms with Crippen molar-refractivity contribution in [3.63, 3.8) is 0 Å². The quantitative estimate of drug-likeness (QED) is 0.0612. The number of nitrogens with one attached hydrogen (secondary N) is 2. The van der Waals surface area contributed by atoms with Crippen LogP contribution in [-0.2, 0) is 25.6 Å². The van der Waals surface area contributed by atoms with E-state index in [1.54, 1.807) is 6.92 Å². The average Bonchev–Trinajstić information content (AvgIpc) is 3.44. The van der Waals surface area contributed by atoms with E-state index in [0.29, 0.717) is 11.9 Å². The lowest BCUT2D eigenvalue weighted by atomic mass is 9.89. The van der Waals surface area contributed by atoms with Crippen LogP contribution in [0.1, 0.15) is 60.8 Å². The second-order valence-corrected chi connectivity index (χ2v) is 11.4. The van der Waals surface area contributed by atoms with Gasteiger partial charge in [0.1, 0.15) is 0 Å². The summed E-state index contributed by atoms with van der Waals surface area (Å²) in [5, 5.41) is 5.77. The molecule has 3 rings (SSSR count). The van der Waals surface area contributed by atoms with Crippen molar-refractivity contribution in [3.8, 4) is 0 Å². The van der Waals surface area contributed by atoms with Crippen molar-refractivity contribution in [3.05, 3.63) is 65.2 Å². The molecule has 0 radical (unpaired) electrons. The number of ketones is 2. The van der Waals surface area contributed by atoms with Crippen molar-refractivity contribution in [1.29, 1.82) is 0 Å². The predicted octanol–water partition coefficient (Wildman–Crippen LogP) is 2.00. The lowest BCUT2D eigenvalue weighted by Crippen LogP contribution is -2.46. The van der Waals surface area contributed by atoms with Crippen LogP contribution in [0.5, 0.6) is 0 Å². The van der Waals surface area contributed by atoms with Crippen molar-refractivity contribution >= 4 is 56.8 Å². The highest BCUT2D eigenvalue weighted by atomic mass is 32.1. The van der Waals surface area contributed by atoms with Gasteiger partial charge in [0, 0.05) is 31.7 Å². The first-order chi connectivity index (χ1) is 21.1. The van der Waals surface area contributed by atoms with Gasteiger partial charge in [-0.1, -0.05) is 49.4 Å². The lowest BCUT2D eigenvalue weighted by Gasteiger charge is -2.23. The highest BCUT2D eigenvalue weighted by molar-refractivity contribution is 7.20. The van der Waals surface area contributed by atoms with Crippen LogP contribution in [-0.4, -0.2) is 58.9 Å². The van der Waals surface area contributed by atoms with Crippen molar-refractivity contribution in [2.75, 3.05) is 6.54 Å². The van der Waals surface area contributed by atoms with Crippen LogP contribution in [0.25, 0.3) is 10.2 Å². The van der Waals surface area contributed by atoms with E-state index in [2.05, 4.69) is 20.6 Å². The predicted molar refractivity (Wildman–Crippen MR) is 170 cm³/mol. The van der Waals surface area contributed by atoms with Gasteiger partial charge in [-0.2, -0.15) is 0 Å². The molecule has 234 valence electrons. The zero-order valence-electron chi connectivity index (χ0n) is 24.7. The first kappa shape index (κ1) is 33.8. The fourth-order valence-electron chi connectivity index (χ4n) is 4.63. The molecule has 0 saturated heterocycles. The Kier molecular flexibility index (Phi) is 13.0. The van der Waals surface area contributed by atoms with Gasteiger partial charge in [0.05, 0.1) is 22.3 Å². The largest absolute Gasteiger partial charge is 0.370 e. The Bertz CT molecular complexity index is 1450. The third-order valence-electron chi connectivity index (χ3n) is 6.95. The summed E-state index contributed by atoms with van der Waals surface area (Å²) in [6.45, 7) is 1.90. The number of aromatic nitrogens is 1. The summed E-state index contributed by atoms with van der Waals surface area (Å²) in [7, 11) is 0. The molecular formula is C31H39N7O5S. The molecule has 8 N–H and O–H groups in total. The number of rotatable bonds is 18.